The lowest BCUT2D eigenvalue weighted by Crippen LogP contribution is -3.28. The summed E-state index contributed by atoms with van der Waals surface area (Å²) in [6.45, 7) is 10.2. The molecule has 0 bridgehead atoms. The van der Waals surface area contributed by atoms with E-state index in [4.69, 9.17) is 0 Å². The maximum Gasteiger partial charge on any atom is 0.279 e. The van der Waals surface area contributed by atoms with Gasteiger partial charge in [0.25, 0.3) is 5.91 Å². The van der Waals surface area contributed by atoms with E-state index in [9.17, 15) is 4.79 Å². The Balaban J connectivity index is 1.42. The summed E-state index contributed by atoms with van der Waals surface area (Å²) in [4.78, 5) is 15.2. The molecule has 1 heterocycles. The molecule has 1 fully saturated rings. The molecule has 0 aliphatic carbocycles. The number of hydrogen-bond acceptors (Lipinski definition) is 1. The van der Waals surface area contributed by atoms with Crippen LogP contribution in [0, 0.1) is 13.8 Å². The number of nitrogens with one attached hydrogen (secondary N) is 3. The Hall–Kier alpha value is -2.17. The first-order chi connectivity index (χ1) is 12.1. The molecule has 0 atom stereocenters. The number of hydrogen-bond donors (Lipinski definition) is 3. The molecule has 132 valence electrons. The van der Waals surface area contributed by atoms with Gasteiger partial charge in [-0.1, -0.05) is 47.5 Å². The zero-order valence-electron chi connectivity index (χ0n) is 15.3. The normalized spacial score (nSPS) is 20.2. The van der Waals surface area contributed by atoms with Crippen molar-refractivity contribution in [2.75, 3.05) is 38.0 Å². The Morgan fingerprint density at radius 3 is 2.28 bits per heavy atom. The maximum absolute atomic E-state index is 12.2. The van der Waals surface area contributed by atoms with Gasteiger partial charge in [0.1, 0.15) is 32.7 Å². The van der Waals surface area contributed by atoms with Crippen LogP contribution in [0.15, 0.2) is 48.5 Å². The first kappa shape index (κ1) is 17.6. The molecule has 0 radical (unpaired) electrons. The van der Waals surface area contributed by atoms with E-state index in [2.05, 4.69) is 36.5 Å². The molecule has 1 amide bonds. The highest BCUT2D eigenvalue weighted by Crippen LogP contribution is 2.07. The van der Waals surface area contributed by atoms with E-state index in [0.29, 0.717) is 6.54 Å². The van der Waals surface area contributed by atoms with Crippen LogP contribution in [-0.2, 0) is 11.3 Å². The van der Waals surface area contributed by atoms with Crippen LogP contribution in [0.3, 0.4) is 0 Å². The van der Waals surface area contributed by atoms with Crippen molar-refractivity contribution in [2.45, 2.75) is 20.4 Å². The largest absolute Gasteiger partial charge is 0.322 e. The molecule has 1 saturated heterocycles. The average Bonchev–Trinajstić information content (AvgIpc) is 2.59. The van der Waals surface area contributed by atoms with Crippen LogP contribution >= 0.6 is 0 Å². The quantitative estimate of drug-likeness (QED) is 0.717. The summed E-state index contributed by atoms with van der Waals surface area (Å²) in [6.07, 6.45) is 0. The van der Waals surface area contributed by atoms with E-state index in [0.717, 1.165) is 38.4 Å². The predicted molar refractivity (Wildman–Crippen MR) is 101 cm³/mol. The lowest BCUT2D eigenvalue weighted by molar-refractivity contribution is -1.02. The molecule has 2 aromatic rings. The molecule has 0 unspecified atom stereocenters. The zero-order valence-corrected chi connectivity index (χ0v) is 15.3. The van der Waals surface area contributed by atoms with Gasteiger partial charge in [0.2, 0.25) is 0 Å². The smallest absolute Gasteiger partial charge is 0.279 e. The van der Waals surface area contributed by atoms with Gasteiger partial charge in [0, 0.05) is 11.3 Å². The monoisotopic (exact) mass is 339 g/mol. The second kappa shape index (κ2) is 8.28. The number of rotatable bonds is 5. The van der Waals surface area contributed by atoms with Crippen molar-refractivity contribution < 1.29 is 14.6 Å². The van der Waals surface area contributed by atoms with Gasteiger partial charge in [-0.25, -0.2) is 0 Å². The van der Waals surface area contributed by atoms with Gasteiger partial charge in [-0.2, -0.15) is 0 Å². The Labute approximate surface area is 150 Å². The topological polar surface area (TPSA) is 38.0 Å². The van der Waals surface area contributed by atoms with Crippen molar-refractivity contribution in [3.8, 4) is 0 Å². The third-order valence-corrected chi connectivity index (χ3v) is 4.95. The second-order valence-electron chi connectivity index (χ2n) is 7.26. The van der Waals surface area contributed by atoms with Gasteiger partial charge in [-0.3, -0.25) is 4.79 Å². The molecule has 0 saturated carbocycles. The Kier molecular flexibility index (Phi) is 5.84. The minimum atomic E-state index is 0.112. The molecule has 25 heavy (non-hydrogen) atoms. The van der Waals surface area contributed by atoms with E-state index < -0.39 is 0 Å². The van der Waals surface area contributed by atoms with Crippen LogP contribution < -0.4 is 15.1 Å². The highest BCUT2D eigenvalue weighted by atomic mass is 16.2. The van der Waals surface area contributed by atoms with Crippen LogP contribution in [0.2, 0.25) is 0 Å². The highest BCUT2D eigenvalue weighted by Gasteiger charge is 2.24. The zero-order chi connectivity index (χ0) is 17.6. The number of quaternary nitrogens is 2. The van der Waals surface area contributed by atoms with E-state index >= 15 is 0 Å². The molecule has 3 N–H and O–H groups in total. The number of carbonyl (C=O) groups is 1. The van der Waals surface area contributed by atoms with Crippen LogP contribution in [-0.4, -0.2) is 38.6 Å². The fraction of sp³-hybridized carbons (Fsp3) is 0.381. The summed E-state index contributed by atoms with van der Waals surface area (Å²) < 4.78 is 0. The van der Waals surface area contributed by atoms with Crippen LogP contribution in [0.1, 0.15) is 16.7 Å². The first-order valence-electron chi connectivity index (χ1n) is 9.18. The summed E-state index contributed by atoms with van der Waals surface area (Å²) in [5, 5.41) is 3.01. The van der Waals surface area contributed by atoms with Gasteiger partial charge >= 0.3 is 0 Å². The third-order valence-electron chi connectivity index (χ3n) is 4.95. The Bertz CT molecular complexity index is 703. The number of aryl methyl sites for hydroxylation is 2. The summed E-state index contributed by atoms with van der Waals surface area (Å²) in [5.74, 6) is 0.112. The fourth-order valence-electron chi connectivity index (χ4n) is 3.49. The Morgan fingerprint density at radius 1 is 0.920 bits per heavy atom. The number of benzene rings is 2. The molecule has 1 aliphatic heterocycles. The molecule has 0 aromatic heterocycles. The molecule has 3 rings (SSSR count). The number of anilines is 1. The van der Waals surface area contributed by atoms with E-state index in [1.165, 1.54) is 21.6 Å². The van der Waals surface area contributed by atoms with Crippen molar-refractivity contribution >= 4 is 11.6 Å². The van der Waals surface area contributed by atoms with Crippen molar-refractivity contribution in [1.82, 2.24) is 0 Å². The maximum atomic E-state index is 12.2. The van der Waals surface area contributed by atoms with Crippen molar-refractivity contribution in [3.63, 3.8) is 0 Å². The highest BCUT2D eigenvalue weighted by molar-refractivity contribution is 5.91. The first-order valence-corrected chi connectivity index (χ1v) is 9.18. The van der Waals surface area contributed by atoms with Crippen molar-refractivity contribution in [2.24, 2.45) is 0 Å². The van der Waals surface area contributed by atoms with Crippen molar-refractivity contribution in [1.29, 1.82) is 0 Å². The SMILES string of the molecule is Cc1ccc(NC(=O)C[NH+]2CC[NH+](Cc3cccc(C)c3)CC2)cc1. The molecule has 1 aliphatic rings. The summed E-state index contributed by atoms with van der Waals surface area (Å²) >= 11 is 0. The van der Waals surface area contributed by atoms with Gasteiger partial charge in [0.05, 0.1) is 0 Å². The molecule has 4 nitrogen and oxygen atoms in total. The predicted octanol–water partition coefficient (Wildman–Crippen LogP) is 0.226. The summed E-state index contributed by atoms with van der Waals surface area (Å²) in [5.41, 5.74) is 4.83. The lowest BCUT2D eigenvalue weighted by Gasteiger charge is -2.29. The van der Waals surface area contributed by atoms with E-state index in [1.54, 1.807) is 4.90 Å². The number of piperazine rings is 1. The minimum Gasteiger partial charge on any atom is -0.322 e. The molecular formula is C21H29N3O+2. The van der Waals surface area contributed by atoms with Gasteiger partial charge in [0.15, 0.2) is 6.54 Å². The molecule has 4 heteroatoms. The standard InChI is InChI=1S/C21H27N3O/c1-17-6-8-20(9-7-17)22-21(25)16-24-12-10-23(11-13-24)15-19-5-3-4-18(2)14-19/h3-9,14H,10-13,15-16H2,1-2H3,(H,22,25)/p+2. The van der Waals surface area contributed by atoms with Crippen LogP contribution in [0.5, 0.6) is 0 Å². The third kappa shape index (κ3) is 5.41. The number of carbonyl (C=O) groups excluding carboxylic acids is 1. The fourth-order valence-corrected chi connectivity index (χ4v) is 3.49. The minimum absolute atomic E-state index is 0.112. The lowest BCUT2D eigenvalue weighted by atomic mass is 10.1. The molecule has 2 aromatic carbocycles. The Morgan fingerprint density at radius 2 is 1.60 bits per heavy atom. The van der Waals surface area contributed by atoms with Crippen LogP contribution in [0.25, 0.3) is 0 Å². The van der Waals surface area contributed by atoms with Crippen LogP contribution in [0.4, 0.5) is 5.69 Å². The second-order valence-corrected chi connectivity index (χ2v) is 7.26. The summed E-state index contributed by atoms with van der Waals surface area (Å²) in [7, 11) is 0. The van der Waals surface area contributed by atoms with Crippen molar-refractivity contribution in [3.05, 3.63) is 65.2 Å². The van der Waals surface area contributed by atoms with Gasteiger partial charge in [-0.05, 0) is 26.0 Å². The molecule has 0 spiro atoms. The van der Waals surface area contributed by atoms with E-state index in [-0.39, 0.29) is 5.91 Å². The van der Waals surface area contributed by atoms with Gasteiger partial charge in [-0.15, -0.1) is 0 Å². The molecular weight excluding hydrogens is 310 g/mol. The van der Waals surface area contributed by atoms with E-state index in [1.807, 2.05) is 31.2 Å². The van der Waals surface area contributed by atoms with Gasteiger partial charge < -0.3 is 15.1 Å². The number of amides is 1. The average molecular weight is 339 g/mol. The summed E-state index contributed by atoms with van der Waals surface area (Å²) in [6, 6.07) is 16.8.